The van der Waals surface area contributed by atoms with Crippen molar-refractivity contribution < 1.29 is 24.2 Å². The third-order valence-electron chi connectivity index (χ3n) is 9.11. The van der Waals surface area contributed by atoms with E-state index in [4.69, 9.17) is 4.74 Å². The summed E-state index contributed by atoms with van der Waals surface area (Å²) in [5.74, 6) is -0.342. The molecular weight excluding hydrogens is 606 g/mol. The van der Waals surface area contributed by atoms with Gasteiger partial charge in [-0.2, -0.15) is 0 Å². The number of ether oxygens (including phenoxy) is 1. The molecule has 0 fully saturated rings. The molecule has 3 N–H and O–H groups in total. The number of hydrogen-bond acceptors (Lipinski definition) is 5. The number of anilines is 2. The molecule has 0 bridgehead atoms. The van der Waals surface area contributed by atoms with Gasteiger partial charge in [-0.15, -0.1) is 0 Å². The number of aromatic nitrogens is 1. The minimum atomic E-state index is -0.472. The van der Waals surface area contributed by atoms with E-state index in [0.29, 0.717) is 23.7 Å². The van der Waals surface area contributed by atoms with E-state index >= 15 is 0 Å². The van der Waals surface area contributed by atoms with Crippen LogP contribution in [0.2, 0.25) is 0 Å². The predicted octanol–water partition coefficient (Wildman–Crippen LogP) is 5.90. The highest BCUT2D eigenvalue weighted by atomic mass is 16.5. The number of urea groups is 1. The zero-order valence-corrected chi connectivity index (χ0v) is 27.6. The van der Waals surface area contributed by atoms with Crippen molar-refractivity contribution in [2.45, 2.75) is 32.4 Å². The van der Waals surface area contributed by atoms with Crippen molar-refractivity contribution in [3.05, 3.63) is 102 Å². The van der Waals surface area contributed by atoms with Crippen LogP contribution in [0.4, 0.5) is 16.2 Å². The normalized spacial score (nSPS) is 16.9. The number of benzene rings is 4. The molecule has 0 aliphatic carbocycles. The van der Waals surface area contributed by atoms with E-state index in [1.807, 2.05) is 91.5 Å². The van der Waals surface area contributed by atoms with Gasteiger partial charge >= 0.3 is 6.03 Å². The Morgan fingerprint density at radius 1 is 1.00 bits per heavy atom. The molecular formula is C38H41N5O5. The van der Waals surface area contributed by atoms with Crippen LogP contribution in [-0.4, -0.2) is 76.2 Å². The van der Waals surface area contributed by atoms with Crippen LogP contribution < -0.4 is 15.4 Å². The molecule has 4 aromatic carbocycles. The standard InChI is InChI=1S/C38H41N5O5/c1-24-20-43(25(2)23-44)37(46)31-19-28(39-36(45)18-27-21-41(3)33-15-8-7-13-30(27)33)16-17-34(31)48-35(24)22-42(4)38(47)40-32-14-9-11-26-10-5-6-12-29(26)32/h5-17,19,21,24-25,35,44H,18,20,22-23H2,1-4H3,(H,39,45)(H,40,47)/t24-,25+,35-/m1/s1. The Labute approximate surface area is 279 Å². The third kappa shape index (κ3) is 6.70. The molecule has 0 saturated heterocycles. The first-order chi connectivity index (χ1) is 23.1. The molecule has 0 radical (unpaired) electrons. The quantitative estimate of drug-likeness (QED) is 0.194. The van der Waals surface area contributed by atoms with Crippen LogP contribution in [0.3, 0.4) is 0 Å². The van der Waals surface area contributed by atoms with Crippen molar-refractivity contribution in [2.75, 3.05) is 37.4 Å². The number of amides is 4. The van der Waals surface area contributed by atoms with Crippen molar-refractivity contribution in [3.8, 4) is 5.75 Å². The zero-order chi connectivity index (χ0) is 33.9. The number of carbonyl (C=O) groups is 3. The summed E-state index contributed by atoms with van der Waals surface area (Å²) in [6.07, 6.45) is 1.65. The van der Waals surface area contributed by atoms with Gasteiger partial charge in [0.25, 0.3) is 5.91 Å². The van der Waals surface area contributed by atoms with Gasteiger partial charge in [-0.25, -0.2) is 4.79 Å². The lowest BCUT2D eigenvalue weighted by molar-refractivity contribution is -0.115. The Bertz CT molecular complexity index is 1980. The first kappa shape index (κ1) is 32.6. The van der Waals surface area contributed by atoms with Crippen LogP contribution >= 0.6 is 0 Å². The van der Waals surface area contributed by atoms with Crippen LogP contribution in [0.1, 0.15) is 29.8 Å². The topological polar surface area (TPSA) is 116 Å². The minimum absolute atomic E-state index is 0.170. The Hall–Kier alpha value is -5.35. The lowest BCUT2D eigenvalue weighted by Gasteiger charge is -2.38. The number of aliphatic hydroxyl groups excluding tert-OH is 1. The first-order valence-electron chi connectivity index (χ1n) is 16.2. The van der Waals surface area contributed by atoms with Crippen LogP contribution in [0.25, 0.3) is 21.7 Å². The lowest BCUT2D eigenvalue weighted by Crippen LogP contribution is -2.50. The summed E-state index contributed by atoms with van der Waals surface area (Å²) >= 11 is 0. The lowest BCUT2D eigenvalue weighted by atomic mass is 9.99. The second-order valence-corrected chi connectivity index (χ2v) is 12.7. The molecule has 4 amide bonds. The summed E-state index contributed by atoms with van der Waals surface area (Å²) < 4.78 is 8.48. The van der Waals surface area contributed by atoms with E-state index in [1.165, 1.54) is 0 Å². The molecule has 5 aromatic rings. The van der Waals surface area contributed by atoms with Gasteiger partial charge in [0.05, 0.1) is 36.9 Å². The number of nitrogens with one attached hydrogen (secondary N) is 2. The maximum atomic E-state index is 13.9. The van der Waals surface area contributed by atoms with Gasteiger partial charge in [0, 0.05) is 54.7 Å². The Morgan fingerprint density at radius 2 is 1.73 bits per heavy atom. The number of hydrogen-bond donors (Lipinski definition) is 3. The SMILES string of the molecule is C[C@@H]1CN([C@@H](C)CO)C(=O)c2cc(NC(=O)Cc3cn(C)c4ccccc34)ccc2O[C@@H]1CN(C)C(=O)Nc1cccc2ccccc12. The van der Waals surface area contributed by atoms with Crippen LogP contribution in [0, 0.1) is 5.92 Å². The molecule has 248 valence electrons. The van der Waals surface area contributed by atoms with Gasteiger partial charge in [-0.05, 0) is 48.2 Å². The third-order valence-corrected chi connectivity index (χ3v) is 9.11. The van der Waals surface area contributed by atoms with Gasteiger partial charge in [-0.1, -0.05) is 61.5 Å². The molecule has 48 heavy (non-hydrogen) atoms. The molecule has 3 atom stereocenters. The van der Waals surface area contributed by atoms with Gasteiger partial charge in [0.1, 0.15) is 11.9 Å². The molecule has 1 aliphatic heterocycles. The van der Waals surface area contributed by atoms with Gasteiger partial charge < -0.3 is 34.8 Å². The van der Waals surface area contributed by atoms with Crippen LogP contribution in [0.15, 0.2) is 91.1 Å². The van der Waals surface area contributed by atoms with E-state index in [9.17, 15) is 19.5 Å². The van der Waals surface area contributed by atoms with E-state index < -0.39 is 12.1 Å². The smallest absolute Gasteiger partial charge is 0.321 e. The highest BCUT2D eigenvalue weighted by Gasteiger charge is 2.34. The average Bonchev–Trinajstić information content (AvgIpc) is 3.40. The molecule has 0 unspecified atom stereocenters. The predicted molar refractivity (Wildman–Crippen MR) is 188 cm³/mol. The second kappa shape index (κ2) is 13.8. The number of aliphatic hydroxyl groups is 1. The summed E-state index contributed by atoms with van der Waals surface area (Å²) in [6, 6.07) is 25.9. The van der Waals surface area contributed by atoms with Crippen molar-refractivity contribution in [1.82, 2.24) is 14.4 Å². The van der Waals surface area contributed by atoms with Crippen molar-refractivity contribution in [3.63, 3.8) is 0 Å². The minimum Gasteiger partial charge on any atom is -0.487 e. The second-order valence-electron chi connectivity index (χ2n) is 12.7. The number of likely N-dealkylation sites (N-methyl/N-ethyl adjacent to an activating group) is 1. The molecule has 2 heterocycles. The number of carbonyl (C=O) groups excluding carboxylic acids is 3. The Balaban J connectivity index is 1.22. The summed E-state index contributed by atoms with van der Waals surface area (Å²) in [6.45, 7) is 4.10. The summed E-state index contributed by atoms with van der Waals surface area (Å²) in [5, 5.41) is 19.0. The van der Waals surface area contributed by atoms with Gasteiger partial charge in [0.15, 0.2) is 0 Å². The van der Waals surface area contributed by atoms with E-state index in [1.54, 1.807) is 42.0 Å². The van der Waals surface area contributed by atoms with E-state index in [2.05, 4.69) is 10.6 Å². The maximum absolute atomic E-state index is 13.9. The molecule has 1 aliphatic rings. The van der Waals surface area contributed by atoms with Gasteiger partial charge in [0.2, 0.25) is 5.91 Å². The highest BCUT2D eigenvalue weighted by molar-refractivity contribution is 6.02. The molecule has 10 nitrogen and oxygen atoms in total. The number of rotatable bonds is 8. The number of para-hydroxylation sites is 1. The van der Waals surface area contributed by atoms with Crippen molar-refractivity contribution in [2.24, 2.45) is 13.0 Å². The van der Waals surface area contributed by atoms with Crippen LogP contribution in [0.5, 0.6) is 5.75 Å². The number of nitrogens with zero attached hydrogens (tertiary/aromatic N) is 3. The van der Waals surface area contributed by atoms with E-state index in [-0.39, 0.29) is 48.9 Å². The van der Waals surface area contributed by atoms with Gasteiger partial charge in [-0.3, -0.25) is 9.59 Å². The monoisotopic (exact) mass is 647 g/mol. The fourth-order valence-electron chi connectivity index (χ4n) is 6.36. The first-order valence-corrected chi connectivity index (χ1v) is 16.2. The van der Waals surface area contributed by atoms with Crippen molar-refractivity contribution in [1.29, 1.82) is 0 Å². The number of fused-ring (bicyclic) bond motifs is 3. The zero-order valence-electron chi connectivity index (χ0n) is 27.6. The fraction of sp³-hybridized carbons (Fsp3) is 0.289. The Kier molecular flexibility index (Phi) is 9.36. The maximum Gasteiger partial charge on any atom is 0.321 e. The van der Waals surface area contributed by atoms with Crippen LogP contribution in [-0.2, 0) is 18.3 Å². The summed E-state index contributed by atoms with van der Waals surface area (Å²) in [4.78, 5) is 43.7. The number of aryl methyl sites for hydroxylation is 1. The average molecular weight is 648 g/mol. The molecule has 1 aromatic heterocycles. The molecule has 0 spiro atoms. The summed E-state index contributed by atoms with van der Waals surface area (Å²) in [5.41, 5.74) is 3.40. The van der Waals surface area contributed by atoms with Crippen molar-refractivity contribution >= 4 is 50.9 Å². The molecule has 0 saturated carbocycles. The fourth-order valence-corrected chi connectivity index (χ4v) is 6.36. The van der Waals surface area contributed by atoms with E-state index in [0.717, 1.165) is 27.2 Å². The Morgan fingerprint density at radius 3 is 2.52 bits per heavy atom. The largest absolute Gasteiger partial charge is 0.487 e. The molecule has 6 rings (SSSR count). The summed E-state index contributed by atoms with van der Waals surface area (Å²) in [7, 11) is 3.66. The highest BCUT2D eigenvalue weighted by Crippen LogP contribution is 2.31. The molecule has 10 heteroatoms.